The number of hydrogen-bond acceptors (Lipinski definition) is 7. The molecule has 0 radical (unpaired) electrons. The molecule has 2 aromatic heterocycles. The Balaban J connectivity index is 1.13. The van der Waals surface area contributed by atoms with Crippen molar-refractivity contribution in [3.8, 4) is 0 Å². The second kappa shape index (κ2) is 12.7. The van der Waals surface area contributed by atoms with E-state index in [1.165, 1.54) is 16.9 Å². The first-order chi connectivity index (χ1) is 17.2. The average molecular weight is 489 g/mol. The van der Waals surface area contributed by atoms with E-state index < -0.39 is 0 Å². The lowest BCUT2D eigenvalue weighted by Crippen LogP contribution is -2.26. The number of nitrogens with one attached hydrogen (secondary N) is 1. The summed E-state index contributed by atoms with van der Waals surface area (Å²) in [6, 6.07) is 19.8. The molecule has 35 heavy (non-hydrogen) atoms. The van der Waals surface area contributed by atoms with Gasteiger partial charge in [0.25, 0.3) is 5.91 Å². The van der Waals surface area contributed by atoms with Crippen LogP contribution in [0.1, 0.15) is 44.5 Å². The van der Waals surface area contributed by atoms with Crippen LogP contribution in [0.25, 0.3) is 0 Å². The molecule has 1 amide bonds. The van der Waals surface area contributed by atoms with Crippen molar-refractivity contribution in [1.29, 1.82) is 0 Å². The molecule has 2 aromatic carbocycles. The first-order valence-corrected chi connectivity index (χ1v) is 12.6. The maximum absolute atomic E-state index is 12.3. The van der Waals surface area contributed by atoms with E-state index in [9.17, 15) is 9.59 Å². The Labute approximate surface area is 208 Å². The molecular formula is C26H28N6O2S. The van der Waals surface area contributed by atoms with E-state index in [4.69, 9.17) is 0 Å². The van der Waals surface area contributed by atoms with Crippen LogP contribution >= 0.6 is 11.3 Å². The van der Waals surface area contributed by atoms with Crippen LogP contribution in [0.2, 0.25) is 0 Å². The predicted molar refractivity (Wildman–Crippen MR) is 134 cm³/mol. The van der Waals surface area contributed by atoms with E-state index in [1.54, 1.807) is 10.9 Å². The van der Waals surface area contributed by atoms with Crippen molar-refractivity contribution in [3.63, 3.8) is 0 Å². The summed E-state index contributed by atoms with van der Waals surface area (Å²) in [5.74, 6) is -0.0691. The number of carbonyl (C=O) groups is 2. The second-order valence-corrected chi connectivity index (χ2v) is 9.43. The van der Waals surface area contributed by atoms with Gasteiger partial charge >= 0.3 is 0 Å². The largest absolute Gasteiger partial charge is 0.350 e. The number of benzene rings is 2. The van der Waals surface area contributed by atoms with E-state index in [0.29, 0.717) is 31.6 Å². The van der Waals surface area contributed by atoms with Gasteiger partial charge in [0.15, 0.2) is 5.69 Å². The highest BCUT2D eigenvalue weighted by Crippen LogP contribution is 2.15. The molecule has 0 saturated carbocycles. The van der Waals surface area contributed by atoms with Crippen molar-refractivity contribution in [2.45, 2.75) is 45.1 Å². The summed E-state index contributed by atoms with van der Waals surface area (Å²) in [7, 11) is 0. The van der Waals surface area contributed by atoms with Gasteiger partial charge in [0.1, 0.15) is 15.8 Å². The molecule has 0 atom stereocenters. The lowest BCUT2D eigenvalue weighted by Gasteiger charge is -2.03. The third-order valence-electron chi connectivity index (χ3n) is 5.44. The number of amides is 1. The molecule has 1 N–H and O–H groups in total. The third kappa shape index (κ3) is 7.92. The van der Waals surface area contributed by atoms with Gasteiger partial charge in [0.05, 0.1) is 12.6 Å². The molecule has 0 aliphatic carbocycles. The first-order valence-electron chi connectivity index (χ1n) is 11.7. The average Bonchev–Trinajstić information content (AvgIpc) is 3.53. The summed E-state index contributed by atoms with van der Waals surface area (Å²) in [5.41, 5.74) is 2.52. The summed E-state index contributed by atoms with van der Waals surface area (Å²) < 4.78 is 1.69. The summed E-state index contributed by atoms with van der Waals surface area (Å²) in [4.78, 5) is 24.6. The molecule has 0 bridgehead atoms. The maximum Gasteiger partial charge on any atom is 0.273 e. The molecule has 0 spiro atoms. The van der Waals surface area contributed by atoms with Gasteiger partial charge in [-0.1, -0.05) is 65.9 Å². The van der Waals surface area contributed by atoms with Crippen LogP contribution in [0, 0.1) is 0 Å². The Hall–Kier alpha value is -3.72. The minimum absolute atomic E-state index is 0.144. The van der Waals surface area contributed by atoms with Crippen LogP contribution in [-0.4, -0.2) is 43.4 Å². The van der Waals surface area contributed by atoms with Crippen molar-refractivity contribution < 1.29 is 9.59 Å². The van der Waals surface area contributed by atoms with Crippen LogP contribution < -0.4 is 5.32 Å². The van der Waals surface area contributed by atoms with Crippen LogP contribution in [0.4, 0.5) is 0 Å². The van der Waals surface area contributed by atoms with Crippen molar-refractivity contribution in [1.82, 2.24) is 30.5 Å². The molecule has 0 fully saturated rings. The van der Waals surface area contributed by atoms with Gasteiger partial charge in [-0.15, -0.1) is 26.6 Å². The minimum atomic E-state index is -0.213. The van der Waals surface area contributed by atoms with E-state index in [-0.39, 0.29) is 11.7 Å². The van der Waals surface area contributed by atoms with Gasteiger partial charge in [-0.05, 0) is 30.4 Å². The molecule has 2 heterocycles. The summed E-state index contributed by atoms with van der Waals surface area (Å²) in [6.45, 7) is 1.23. The summed E-state index contributed by atoms with van der Waals surface area (Å²) in [6.07, 6.45) is 5.77. The van der Waals surface area contributed by atoms with E-state index in [2.05, 4.69) is 25.8 Å². The van der Waals surface area contributed by atoms with Crippen molar-refractivity contribution >= 4 is 23.0 Å². The van der Waals surface area contributed by atoms with Crippen LogP contribution in [0.5, 0.6) is 0 Å². The van der Waals surface area contributed by atoms with Gasteiger partial charge in [-0.2, -0.15) is 0 Å². The van der Waals surface area contributed by atoms with Crippen molar-refractivity contribution in [2.24, 2.45) is 0 Å². The lowest BCUT2D eigenvalue weighted by atomic mass is 10.1. The second-order valence-electron chi connectivity index (χ2n) is 8.28. The SMILES string of the molecule is O=C(Cc1ccccc1)Cc1nnc(CCCCn2cc(C(=O)NCCc3ccccc3)nn2)s1. The molecule has 4 aromatic rings. The molecule has 0 aliphatic heterocycles. The van der Waals surface area contributed by atoms with Crippen LogP contribution in [0.15, 0.2) is 66.9 Å². The molecule has 0 saturated heterocycles. The number of hydrogen-bond donors (Lipinski definition) is 1. The monoisotopic (exact) mass is 488 g/mol. The summed E-state index contributed by atoms with van der Waals surface area (Å²) >= 11 is 1.50. The zero-order valence-electron chi connectivity index (χ0n) is 19.5. The fourth-order valence-electron chi connectivity index (χ4n) is 3.63. The van der Waals surface area contributed by atoms with Gasteiger partial charge in [0, 0.05) is 25.9 Å². The molecule has 0 aliphatic rings. The molecule has 9 heteroatoms. The smallest absolute Gasteiger partial charge is 0.273 e. The molecular weight excluding hydrogens is 460 g/mol. The first kappa shape index (κ1) is 24.4. The van der Waals surface area contributed by atoms with Crippen molar-refractivity contribution in [3.05, 3.63) is 93.7 Å². The maximum atomic E-state index is 12.3. The minimum Gasteiger partial charge on any atom is -0.350 e. The molecule has 0 unspecified atom stereocenters. The normalized spacial score (nSPS) is 10.9. The Morgan fingerprint density at radius 2 is 1.51 bits per heavy atom. The fourth-order valence-corrected chi connectivity index (χ4v) is 4.55. The van der Waals surface area contributed by atoms with Gasteiger partial charge in [-0.25, -0.2) is 0 Å². The number of Topliss-reactive ketones (excluding diaryl/α,β-unsaturated/α-hetero) is 1. The van der Waals surface area contributed by atoms with Gasteiger partial charge in [-0.3, -0.25) is 14.3 Å². The van der Waals surface area contributed by atoms with Crippen LogP contribution in [0.3, 0.4) is 0 Å². The zero-order valence-corrected chi connectivity index (χ0v) is 20.3. The number of rotatable bonds is 13. The number of unbranched alkanes of at least 4 members (excludes halogenated alkanes) is 1. The number of ketones is 1. The predicted octanol–water partition coefficient (Wildman–Crippen LogP) is 3.48. The third-order valence-corrected chi connectivity index (χ3v) is 6.43. The van der Waals surface area contributed by atoms with Gasteiger partial charge in [0.2, 0.25) is 0 Å². The lowest BCUT2D eigenvalue weighted by molar-refractivity contribution is -0.117. The Morgan fingerprint density at radius 1 is 0.800 bits per heavy atom. The van der Waals surface area contributed by atoms with Crippen molar-refractivity contribution in [2.75, 3.05) is 6.54 Å². The highest BCUT2D eigenvalue weighted by molar-refractivity contribution is 7.11. The molecule has 8 nitrogen and oxygen atoms in total. The van der Waals surface area contributed by atoms with Gasteiger partial charge < -0.3 is 5.32 Å². The fraction of sp³-hybridized carbons (Fsp3) is 0.308. The Morgan fingerprint density at radius 3 is 2.29 bits per heavy atom. The number of aromatic nitrogens is 5. The number of nitrogens with zero attached hydrogens (tertiary/aromatic N) is 5. The summed E-state index contributed by atoms with van der Waals surface area (Å²) in [5, 5.41) is 21.0. The number of carbonyl (C=O) groups excluding carboxylic acids is 2. The topological polar surface area (TPSA) is 103 Å². The Bertz CT molecular complexity index is 1220. The standard InChI is InChI=1S/C26H28N6O2S/c33-22(17-21-11-5-2-6-12-21)18-25-30-29-24(35-25)13-7-8-16-32-19-23(28-31-32)26(34)27-15-14-20-9-3-1-4-10-20/h1-6,9-12,19H,7-8,13-18H2,(H,27,34). The highest BCUT2D eigenvalue weighted by atomic mass is 32.1. The van der Waals surface area contributed by atoms with Crippen LogP contribution in [-0.2, 0) is 37.0 Å². The zero-order chi connectivity index (χ0) is 24.3. The highest BCUT2D eigenvalue weighted by Gasteiger charge is 2.12. The molecule has 4 rings (SSSR count). The van der Waals surface area contributed by atoms with E-state index in [0.717, 1.165) is 41.3 Å². The Kier molecular flexibility index (Phi) is 8.83. The molecule has 180 valence electrons. The quantitative estimate of drug-likeness (QED) is 0.289. The number of aryl methyl sites for hydroxylation is 2. The van der Waals surface area contributed by atoms with E-state index >= 15 is 0 Å². The van der Waals surface area contributed by atoms with E-state index in [1.807, 2.05) is 60.7 Å².